The SMILES string of the molecule is COc1cc2c(Oc3ccc(NC(=O)C4(C(=O)Nc5ccc(F)cc5)COC4)cc3F)ccnc2cc1OCCCN1CCOCC1. The molecular weight excluding hydrogens is 614 g/mol. The van der Waals surface area contributed by atoms with Crippen molar-refractivity contribution in [1.29, 1.82) is 0 Å². The van der Waals surface area contributed by atoms with Gasteiger partial charge in [0.05, 0.1) is 45.7 Å². The minimum atomic E-state index is -1.53. The first kappa shape index (κ1) is 32.1. The third-order valence-electron chi connectivity index (χ3n) is 8.04. The normalized spacial score (nSPS) is 15.8. The molecule has 2 amide bonds. The number of hydrogen-bond donors (Lipinski definition) is 2. The highest BCUT2D eigenvalue weighted by Crippen LogP contribution is 2.38. The van der Waals surface area contributed by atoms with Gasteiger partial charge in [0.25, 0.3) is 0 Å². The van der Waals surface area contributed by atoms with Crippen LogP contribution >= 0.6 is 0 Å². The van der Waals surface area contributed by atoms with Crippen molar-refractivity contribution in [3.8, 4) is 23.0 Å². The summed E-state index contributed by atoms with van der Waals surface area (Å²) in [6.45, 7) is 4.42. The van der Waals surface area contributed by atoms with Crippen molar-refractivity contribution < 1.29 is 42.1 Å². The number of carbonyl (C=O) groups excluding carboxylic acids is 2. The van der Waals surface area contributed by atoms with Gasteiger partial charge in [0.15, 0.2) is 28.5 Å². The Morgan fingerprint density at radius 1 is 0.872 bits per heavy atom. The molecule has 0 aliphatic carbocycles. The van der Waals surface area contributed by atoms with E-state index in [1.165, 1.54) is 43.5 Å². The van der Waals surface area contributed by atoms with E-state index in [0.717, 1.165) is 45.3 Å². The summed E-state index contributed by atoms with van der Waals surface area (Å²) in [4.78, 5) is 32.9. The second kappa shape index (κ2) is 14.3. The largest absolute Gasteiger partial charge is 0.493 e. The highest BCUT2D eigenvalue weighted by Gasteiger charge is 2.53. The van der Waals surface area contributed by atoms with E-state index in [1.54, 1.807) is 24.4 Å². The van der Waals surface area contributed by atoms with Gasteiger partial charge in [-0.25, -0.2) is 8.78 Å². The van der Waals surface area contributed by atoms with Crippen molar-refractivity contribution in [2.75, 3.05) is 70.4 Å². The van der Waals surface area contributed by atoms with Crippen molar-refractivity contribution in [3.63, 3.8) is 0 Å². The third-order valence-corrected chi connectivity index (χ3v) is 8.04. The summed E-state index contributed by atoms with van der Waals surface area (Å²) >= 11 is 0. The summed E-state index contributed by atoms with van der Waals surface area (Å²) in [6.07, 6.45) is 2.39. The van der Waals surface area contributed by atoms with Crippen LogP contribution in [0.1, 0.15) is 6.42 Å². The van der Waals surface area contributed by atoms with E-state index in [-0.39, 0.29) is 24.7 Å². The summed E-state index contributed by atoms with van der Waals surface area (Å²) < 4.78 is 56.7. The van der Waals surface area contributed by atoms with E-state index in [4.69, 9.17) is 23.7 Å². The smallest absolute Gasteiger partial charge is 0.244 e. The Kier molecular flexibility index (Phi) is 9.76. The summed E-state index contributed by atoms with van der Waals surface area (Å²) in [5.41, 5.74) is -0.507. The van der Waals surface area contributed by atoms with E-state index in [1.807, 2.05) is 0 Å². The van der Waals surface area contributed by atoms with Crippen molar-refractivity contribution in [2.45, 2.75) is 6.42 Å². The Labute approximate surface area is 269 Å². The highest BCUT2D eigenvalue weighted by molar-refractivity contribution is 6.15. The van der Waals surface area contributed by atoms with Gasteiger partial charge >= 0.3 is 0 Å². The lowest BCUT2D eigenvalue weighted by molar-refractivity contribution is -0.166. The zero-order valence-electron chi connectivity index (χ0n) is 25.7. The average molecular weight is 649 g/mol. The fraction of sp³-hybridized carbons (Fsp3) is 0.324. The van der Waals surface area contributed by atoms with Crippen LogP contribution in [-0.2, 0) is 19.1 Å². The lowest BCUT2D eigenvalue weighted by Crippen LogP contribution is -2.59. The third kappa shape index (κ3) is 7.27. The molecule has 0 unspecified atom stereocenters. The number of hydrogen-bond acceptors (Lipinski definition) is 9. The first-order valence-corrected chi connectivity index (χ1v) is 15.2. The van der Waals surface area contributed by atoms with Gasteiger partial charge in [0, 0.05) is 54.7 Å². The van der Waals surface area contributed by atoms with Gasteiger partial charge < -0.3 is 34.3 Å². The van der Waals surface area contributed by atoms with Crippen molar-refractivity contribution >= 4 is 34.1 Å². The molecule has 0 atom stereocenters. The molecule has 4 aromatic rings. The second-order valence-corrected chi connectivity index (χ2v) is 11.2. The number of rotatable bonds is 12. The molecule has 3 heterocycles. The predicted octanol–water partition coefficient (Wildman–Crippen LogP) is 5.01. The standard InChI is InChI=1S/C34H34F2N4O7/c1-43-30-18-25-27(19-31(30)46-14-2-11-40-12-15-44-16-13-40)37-10-9-28(25)47-29-8-7-24(17-26(29)36)39-33(42)34(20-45-21-34)32(41)38-23-5-3-22(35)4-6-23/h3-10,17-19H,2,11-16,20-21H2,1H3,(H,38,41)(H,39,42). The Morgan fingerprint density at radius 2 is 1.60 bits per heavy atom. The van der Waals surface area contributed by atoms with Gasteiger partial charge in [-0.2, -0.15) is 0 Å². The zero-order valence-corrected chi connectivity index (χ0v) is 25.7. The number of morpholine rings is 1. The lowest BCUT2D eigenvalue weighted by Gasteiger charge is -2.38. The minimum absolute atomic E-state index is 0.0892. The molecular formula is C34H34F2N4O7. The maximum Gasteiger partial charge on any atom is 0.244 e. The molecule has 0 spiro atoms. The Morgan fingerprint density at radius 3 is 2.28 bits per heavy atom. The number of nitrogens with one attached hydrogen (secondary N) is 2. The topological polar surface area (TPSA) is 120 Å². The van der Waals surface area contributed by atoms with Crippen LogP contribution in [-0.4, -0.2) is 81.5 Å². The summed E-state index contributed by atoms with van der Waals surface area (Å²) in [6, 6.07) is 14.2. The maximum absolute atomic E-state index is 15.3. The molecule has 6 rings (SSSR count). The number of pyridine rings is 1. The number of anilines is 2. The van der Waals surface area contributed by atoms with Crippen LogP contribution in [0.5, 0.6) is 23.0 Å². The molecule has 47 heavy (non-hydrogen) atoms. The summed E-state index contributed by atoms with van der Waals surface area (Å²) in [5, 5.41) is 5.79. The quantitative estimate of drug-likeness (QED) is 0.161. The number of fused-ring (bicyclic) bond motifs is 1. The number of carbonyl (C=O) groups is 2. The van der Waals surface area contributed by atoms with Crippen LogP contribution in [0.2, 0.25) is 0 Å². The lowest BCUT2D eigenvalue weighted by atomic mass is 9.83. The van der Waals surface area contributed by atoms with Crippen molar-refractivity contribution in [1.82, 2.24) is 9.88 Å². The molecule has 11 nitrogen and oxygen atoms in total. The van der Waals surface area contributed by atoms with Crippen LogP contribution in [0, 0.1) is 17.0 Å². The highest BCUT2D eigenvalue weighted by atomic mass is 19.1. The number of methoxy groups -OCH3 is 1. The molecule has 0 radical (unpaired) electrons. The molecule has 2 fully saturated rings. The molecule has 13 heteroatoms. The second-order valence-electron chi connectivity index (χ2n) is 11.2. The van der Waals surface area contributed by atoms with Gasteiger partial charge in [-0.15, -0.1) is 0 Å². The summed E-state index contributed by atoms with van der Waals surface area (Å²) in [5.74, 6) is -1.21. The van der Waals surface area contributed by atoms with E-state index in [9.17, 15) is 14.0 Å². The number of halogens is 2. The molecule has 2 N–H and O–H groups in total. The van der Waals surface area contributed by atoms with Crippen LogP contribution in [0.4, 0.5) is 20.2 Å². The van der Waals surface area contributed by atoms with Crippen LogP contribution in [0.3, 0.4) is 0 Å². The molecule has 2 aliphatic heterocycles. The van der Waals surface area contributed by atoms with Crippen LogP contribution in [0.25, 0.3) is 10.9 Å². The van der Waals surface area contributed by atoms with Gasteiger partial charge in [0.1, 0.15) is 11.6 Å². The predicted molar refractivity (Wildman–Crippen MR) is 169 cm³/mol. The van der Waals surface area contributed by atoms with Crippen LogP contribution < -0.4 is 24.8 Å². The number of aromatic nitrogens is 1. The van der Waals surface area contributed by atoms with E-state index >= 15 is 4.39 Å². The molecule has 3 aromatic carbocycles. The van der Waals surface area contributed by atoms with E-state index < -0.39 is 28.9 Å². The first-order valence-electron chi connectivity index (χ1n) is 15.2. The number of benzene rings is 3. The van der Waals surface area contributed by atoms with E-state index in [2.05, 4.69) is 20.5 Å². The zero-order chi connectivity index (χ0) is 32.8. The molecule has 2 saturated heterocycles. The van der Waals surface area contributed by atoms with Crippen molar-refractivity contribution in [3.05, 3.63) is 78.5 Å². The van der Waals surface area contributed by atoms with Gasteiger partial charge in [-0.05, 0) is 55.0 Å². The molecule has 2 aliphatic rings. The van der Waals surface area contributed by atoms with Crippen LogP contribution in [0.15, 0.2) is 66.9 Å². The van der Waals surface area contributed by atoms with Gasteiger partial charge in [-0.3, -0.25) is 19.5 Å². The monoisotopic (exact) mass is 648 g/mol. The van der Waals surface area contributed by atoms with Gasteiger partial charge in [-0.1, -0.05) is 0 Å². The Bertz CT molecular complexity index is 1750. The van der Waals surface area contributed by atoms with Crippen molar-refractivity contribution in [2.24, 2.45) is 5.41 Å². The molecule has 246 valence electrons. The average Bonchev–Trinajstić information content (AvgIpc) is 3.05. The Hall–Kier alpha value is -4.85. The first-order chi connectivity index (χ1) is 22.8. The summed E-state index contributed by atoms with van der Waals surface area (Å²) in [7, 11) is 1.54. The molecule has 0 saturated carbocycles. The van der Waals surface area contributed by atoms with E-state index in [0.29, 0.717) is 40.4 Å². The Balaban J connectivity index is 1.11. The number of ether oxygens (including phenoxy) is 5. The van der Waals surface area contributed by atoms with Gasteiger partial charge in [0.2, 0.25) is 11.8 Å². The fourth-order valence-corrected chi connectivity index (χ4v) is 5.27. The fourth-order valence-electron chi connectivity index (χ4n) is 5.27. The number of amides is 2. The number of nitrogens with zero attached hydrogens (tertiary/aromatic N) is 2. The minimum Gasteiger partial charge on any atom is -0.493 e. The molecule has 1 aromatic heterocycles. The molecule has 0 bridgehead atoms. The maximum atomic E-state index is 15.3.